The van der Waals surface area contributed by atoms with Crippen molar-refractivity contribution in [3.05, 3.63) is 42.0 Å². The maximum Gasteiger partial charge on any atom is 0.00358 e. The highest BCUT2D eigenvalue weighted by molar-refractivity contribution is 14.1. The standard InChI is InChI=1S/C11H13I/c1-9(2)11-5-3-10(4-6-11)7-8-12/h3-6H,1,7-8H2,2H3. The highest BCUT2D eigenvalue weighted by Crippen LogP contribution is 2.12. The van der Waals surface area contributed by atoms with E-state index < -0.39 is 0 Å². The molecule has 1 aromatic carbocycles. The molecule has 0 radical (unpaired) electrons. The molecule has 0 unspecified atom stereocenters. The van der Waals surface area contributed by atoms with Gasteiger partial charge in [-0.3, -0.25) is 0 Å². The van der Waals surface area contributed by atoms with Crippen molar-refractivity contribution in [1.82, 2.24) is 0 Å². The van der Waals surface area contributed by atoms with Crippen molar-refractivity contribution < 1.29 is 0 Å². The minimum Gasteiger partial charge on any atom is -0.0955 e. The summed E-state index contributed by atoms with van der Waals surface area (Å²) in [7, 11) is 0. The molecule has 0 N–H and O–H groups in total. The molecule has 0 amide bonds. The first-order chi connectivity index (χ1) is 5.74. The Kier molecular flexibility index (Phi) is 3.79. The van der Waals surface area contributed by atoms with Gasteiger partial charge in [0.05, 0.1) is 0 Å². The first-order valence-corrected chi connectivity index (χ1v) is 5.57. The highest BCUT2D eigenvalue weighted by Gasteiger charge is 1.93. The summed E-state index contributed by atoms with van der Waals surface area (Å²) < 4.78 is 1.18. The van der Waals surface area contributed by atoms with Gasteiger partial charge in [0.25, 0.3) is 0 Å². The van der Waals surface area contributed by atoms with Crippen molar-refractivity contribution in [3.63, 3.8) is 0 Å². The minimum absolute atomic E-state index is 1.14. The molecule has 64 valence electrons. The van der Waals surface area contributed by atoms with E-state index in [9.17, 15) is 0 Å². The van der Waals surface area contributed by atoms with Gasteiger partial charge >= 0.3 is 0 Å². The van der Waals surface area contributed by atoms with Crippen molar-refractivity contribution in [2.75, 3.05) is 4.43 Å². The number of allylic oxidation sites excluding steroid dienone is 1. The number of rotatable bonds is 3. The van der Waals surface area contributed by atoms with Crippen LogP contribution >= 0.6 is 22.6 Å². The van der Waals surface area contributed by atoms with E-state index in [1.165, 1.54) is 15.6 Å². The van der Waals surface area contributed by atoms with Crippen molar-refractivity contribution in [2.45, 2.75) is 13.3 Å². The molecule has 0 aliphatic heterocycles. The Balaban J connectivity index is 2.78. The number of hydrogen-bond acceptors (Lipinski definition) is 0. The molecular weight excluding hydrogens is 259 g/mol. The molecule has 0 heterocycles. The van der Waals surface area contributed by atoms with Crippen LogP contribution in [0.15, 0.2) is 30.8 Å². The van der Waals surface area contributed by atoms with Gasteiger partial charge in [-0.15, -0.1) is 0 Å². The second-order valence-corrected chi connectivity index (χ2v) is 3.99. The summed E-state index contributed by atoms with van der Waals surface area (Å²) in [5, 5.41) is 0. The zero-order valence-corrected chi connectivity index (χ0v) is 9.47. The molecule has 0 aliphatic carbocycles. The summed E-state index contributed by atoms with van der Waals surface area (Å²) in [5.74, 6) is 0. The fourth-order valence-corrected chi connectivity index (χ4v) is 1.69. The van der Waals surface area contributed by atoms with E-state index >= 15 is 0 Å². The molecule has 1 rings (SSSR count). The third-order valence-electron chi connectivity index (χ3n) is 1.83. The Morgan fingerprint density at radius 3 is 2.33 bits per heavy atom. The van der Waals surface area contributed by atoms with Gasteiger partial charge < -0.3 is 0 Å². The molecule has 0 fully saturated rings. The second-order valence-electron chi connectivity index (χ2n) is 2.92. The molecule has 0 atom stereocenters. The lowest BCUT2D eigenvalue weighted by Crippen LogP contribution is -1.85. The predicted octanol–water partition coefficient (Wildman–Crippen LogP) is 3.70. The normalized spacial score (nSPS) is 9.83. The van der Waals surface area contributed by atoms with Crippen molar-refractivity contribution in [1.29, 1.82) is 0 Å². The number of alkyl halides is 1. The summed E-state index contributed by atoms with van der Waals surface area (Å²) in [6.07, 6.45) is 1.16. The molecule has 0 saturated carbocycles. The van der Waals surface area contributed by atoms with Gasteiger partial charge in [0.1, 0.15) is 0 Å². The molecule has 12 heavy (non-hydrogen) atoms. The number of aryl methyl sites for hydroxylation is 1. The zero-order chi connectivity index (χ0) is 8.97. The van der Waals surface area contributed by atoms with E-state index in [0.29, 0.717) is 0 Å². The SMILES string of the molecule is C=C(C)c1ccc(CCI)cc1. The van der Waals surface area contributed by atoms with E-state index in [1.807, 2.05) is 6.92 Å². The van der Waals surface area contributed by atoms with Gasteiger partial charge in [0, 0.05) is 4.43 Å². The Labute approximate surface area is 87.8 Å². The van der Waals surface area contributed by atoms with E-state index in [-0.39, 0.29) is 0 Å². The van der Waals surface area contributed by atoms with Crippen LogP contribution in [-0.2, 0) is 6.42 Å². The van der Waals surface area contributed by atoms with Gasteiger partial charge in [-0.2, -0.15) is 0 Å². The van der Waals surface area contributed by atoms with Crippen LogP contribution in [0.2, 0.25) is 0 Å². The number of hydrogen-bond donors (Lipinski definition) is 0. The van der Waals surface area contributed by atoms with Gasteiger partial charge in [0.2, 0.25) is 0 Å². The smallest absolute Gasteiger partial charge is 0.00358 e. The third-order valence-corrected chi connectivity index (χ3v) is 2.37. The molecule has 1 heteroatoms. The topological polar surface area (TPSA) is 0 Å². The van der Waals surface area contributed by atoms with Crippen molar-refractivity contribution in [3.8, 4) is 0 Å². The lowest BCUT2D eigenvalue weighted by molar-refractivity contribution is 1.18. The van der Waals surface area contributed by atoms with Gasteiger partial charge in [-0.1, -0.05) is 59.0 Å². The minimum atomic E-state index is 1.14. The van der Waals surface area contributed by atoms with Crippen molar-refractivity contribution in [2.24, 2.45) is 0 Å². The molecule has 0 saturated heterocycles. The molecule has 1 aromatic rings. The average molecular weight is 272 g/mol. The van der Waals surface area contributed by atoms with Crippen LogP contribution in [0.25, 0.3) is 5.57 Å². The summed E-state index contributed by atoms with van der Waals surface area (Å²) in [6.45, 7) is 5.93. The van der Waals surface area contributed by atoms with E-state index in [0.717, 1.165) is 12.0 Å². The number of benzene rings is 1. The largest absolute Gasteiger partial charge is 0.0955 e. The lowest BCUT2D eigenvalue weighted by Gasteiger charge is -2.01. The molecule has 0 aromatic heterocycles. The van der Waals surface area contributed by atoms with Crippen LogP contribution in [0.1, 0.15) is 18.1 Å². The summed E-state index contributed by atoms with van der Waals surface area (Å²) in [6, 6.07) is 8.65. The zero-order valence-electron chi connectivity index (χ0n) is 7.31. The fraction of sp³-hybridized carbons (Fsp3) is 0.273. The van der Waals surface area contributed by atoms with Crippen LogP contribution in [0.3, 0.4) is 0 Å². The van der Waals surface area contributed by atoms with Gasteiger partial charge in [-0.05, 0) is 24.5 Å². The second kappa shape index (κ2) is 4.65. The van der Waals surface area contributed by atoms with Crippen LogP contribution in [0.5, 0.6) is 0 Å². The Bertz CT molecular complexity index is 259. The Morgan fingerprint density at radius 1 is 1.33 bits per heavy atom. The monoisotopic (exact) mass is 272 g/mol. The summed E-state index contributed by atoms with van der Waals surface area (Å²) >= 11 is 2.40. The first kappa shape index (κ1) is 9.78. The van der Waals surface area contributed by atoms with Crippen LogP contribution in [-0.4, -0.2) is 4.43 Å². The Morgan fingerprint density at radius 2 is 1.92 bits per heavy atom. The first-order valence-electron chi connectivity index (χ1n) is 4.05. The third kappa shape index (κ3) is 2.63. The fourth-order valence-electron chi connectivity index (χ4n) is 1.07. The lowest BCUT2D eigenvalue weighted by atomic mass is 10.1. The molecule has 0 spiro atoms. The maximum atomic E-state index is 3.90. The molecule has 0 nitrogen and oxygen atoms in total. The quantitative estimate of drug-likeness (QED) is 0.581. The molecule has 0 bridgehead atoms. The van der Waals surface area contributed by atoms with E-state index in [1.54, 1.807) is 0 Å². The van der Waals surface area contributed by atoms with Crippen molar-refractivity contribution >= 4 is 28.2 Å². The van der Waals surface area contributed by atoms with Crippen LogP contribution in [0.4, 0.5) is 0 Å². The maximum absolute atomic E-state index is 3.90. The Hall–Kier alpha value is -0.310. The summed E-state index contributed by atoms with van der Waals surface area (Å²) in [5.41, 5.74) is 3.79. The average Bonchev–Trinajstić information content (AvgIpc) is 2.06. The van der Waals surface area contributed by atoms with Crippen LogP contribution in [0, 0.1) is 0 Å². The van der Waals surface area contributed by atoms with E-state index in [2.05, 4.69) is 53.4 Å². The molecule has 0 aliphatic rings. The van der Waals surface area contributed by atoms with E-state index in [4.69, 9.17) is 0 Å². The summed E-state index contributed by atoms with van der Waals surface area (Å²) in [4.78, 5) is 0. The predicted molar refractivity (Wildman–Crippen MR) is 63.7 cm³/mol. The van der Waals surface area contributed by atoms with Gasteiger partial charge in [0.15, 0.2) is 0 Å². The van der Waals surface area contributed by atoms with Gasteiger partial charge in [-0.25, -0.2) is 0 Å². The number of halogens is 1. The molecular formula is C11H13I. The van der Waals surface area contributed by atoms with Crippen LogP contribution < -0.4 is 0 Å². The highest BCUT2D eigenvalue weighted by atomic mass is 127.